The molecule has 2 atom stereocenters. The summed E-state index contributed by atoms with van der Waals surface area (Å²) in [7, 11) is 1.99. The molecule has 0 radical (unpaired) electrons. The van der Waals surface area contributed by atoms with E-state index in [2.05, 4.69) is 30.3 Å². The molecule has 3 rings (SSSR count). The van der Waals surface area contributed by atoms with Gasteiger partial charge in [0.1, 0.15) is 0 Å². The molecule has 0 bridgehead atoms. The smallest absolute Gasteiger partial charge is 0.243 e. The highest BCUT2D eigenvalue weighted by Crippen LogP contribution is 2.24. The third-order valence-electron chi connectivity index (χ3n) is 4.43. The Hall–Kier alpha value is -2.06. The SMILES string of the molecule is C[C@H](C(=O)Nc1nccs1)N(C)C[C@H]1CCCN1c1cccnn1. The molecule has 7 nitrogen and oxygen atoms in total. The van der Waals surface area contributed by atoms with Crippen molar-refractivity contribution in [1.82, 2.24) is 20.1 Å². The second-order valence-electron chi connectivity index (χ2n) is 6.01. The molecule has 0 unspecified atom stereocenters. The summed E-state index contributed by atoms with van der Waals surface area (Å²) in [6, 6.07) is 4.02. The van der Waals surface area contributed by atoms with E-state index in [1.54, 1.807) is 12.4 Å². The molecule has 0 aromatic carbocycles. The summed E-state index contributed by atoms with van der Waals surface area (Å²) in [6.45, 7) is 3.71. The summed E-state index contributed by atoms with van der Waals surface area (Å²) in [5.41, 5.74) is 0. The molecular weight excluding hydrogens is 324 g/mol. The molecule has 2 aromatic heterocycles. The average Bonchev–Trinajstić information content (AvgIpc) is 3.26. The number of rotatable bonds is 6. The highest BCUT2D eigenvalue weighted by Gasteiger charge is 2.29. The third-order valence-corrected chi connectivity index (χ3v) is 5.12. The fourth-order valence-corrected chi connectivity index (χ4v) is 3.49. The normalized spacial score (nSPS) is 18.8. The van der Waals surface area contributed by atoms with Crippen LogP contribution in [0.15, 0.2) is 29.9 Å². The molecule has 1 amide bonds. The van der Waals surface area contributed by atoms with Crippen molar-refractivity contribution in [3.63, 3.8) is 0 Å². The van der Waals surface area contributed by atoms with Gasteiger partial charge >= 0.3 is 0 Å². The fourth-order valence-electron chi connectivity index (χ4n) is 2.96. The predicted octanol–water partition coefficient (Wildman–Crippen LogP) is 1.86. The maximum Gasteiger partial charge on any atom is 0.243 e. The van der Waals surface area contributed by atoms with Crippen molar-refractivity contribution >= 4 is 28.2 Å². The van der Waals surface area contributed by atoms with E-state index in [-0.39, 0.29) is 11.9 Å². The number of amides is 1. The molecule has 0 spiro atoms. The summed E-state index contributed by atoms with van der Waals surface area (Å²) in [5.74, 6) is 0.879. The number of carbonyl (C=O) groups excluding carboxylic acids is 1. The number of aromatic nitrogens is 3. The number of likely N-dealkylation sites (N-methyl/N-ethyl adjacent to an activating group) is 1. The molecular formula is C16H22N6OS. The Labute approximate surface area is 145 Å². The van der Waals surface area contributed by atoms with Gasteiger partial charge in [0.15, 0.2) is 10.9 Å². The van der Waals surface area contributed by atoms with E-state index in [1.807, 2.05) is 31.5 Å². The topological polar surface area (TPSA) is 74.2 Å². The van der Waals surface area contributed by atoms with Gasteiger partial charge in [-0.15, -0.1) is 16.4 Å². The van der Waals surface area contributed by atoms with Gasteiger partial charge in [0.25, 0.3) is 0 Å². The number of carbonyl (C=O) groups is 1. The lowest BCUT2D eigenvalue weighted by Gasteiger charge is -2.31. The fraction of sp³-hybridized carbons (Fsp3) is 0.500. The summed E-state index contributed by atoms with van der Waals surface area (Å²) in [6.07, 6.45) is 5.61. The maximum atomic E-state index is 12.4. The van der Waals surface area contributed by atoms with Crippen LogP contribution in [0, 0.1) is 0 Å². The minimum Gasteiger partial charge on any atom is -0.351 e. The minimum absolute atomic E-state index is 0.0310. The number of hydrogen-bond donors (Lipinski definition) is 1. The first-order chi connectivity index (χ1) is 11.6. The van der Waals surface area contributed by atoms with Crippen LogP contribution in [0.1, 0.15) is 19.8 Å². The molecule has 0 aliphatic carbocycles. The molecule has 3 heterocycles. The van der Waals surface area contributed by atoms with Crippen LogP contribution in [0.25, 0.3) is 0 Å². The van der Waals surface area contributed by atoms with Crippen LogP contribution >= 0.6 is 11.3 Å². The van der Waals surface area contributed by atoms with Crippen molar-refractivity contribution in [1.29, 1.82) is 0 Å². The molecule has 1 aliphatic rings. The van der Waals surface area contributed by atoms with Crippen LogP contribution in [0.4, 0.5) is 10.9 Å². The quantitative estimate of drug-likeness (QED) is 0.861. The Bertz CT molecular complexity index is 650. The van der Waals surface area contributed by atoms with Gasteiger partial charge in [0.2, 0.25) is 5.91 Å². The second kappa shape index (κ2) is 7.67. The second-order valence-corrected chi connectivity index (χ2v) is 6.91. The molecule has 0 saturated carbocycles. The monoisotopic (exact) mass is 346 g/mol. The summed E-state index contributed by atoms with van der Waals surface area (Å²) < 4.78 is 0. The van der Waals surface area contributed by atoms with Crippen molar-refractivity contribution in [3.05, 3.63) is 29.9 Å². The maximum absolute atomic E-state index is 12.4. The lowest BCUT2D eigenvalue weighted by atomic mass is 10.1. The Morgan fingerprint density at radius 3 is 3.12 bits per heavy atom. The Morgan fingerprint density at radius 2 is 2.42 bits per heavy atom. The average molecular weight is 346 g/mol. The first-order valence-electron chi connectivity index (χ1n) is 8.10. The molecule has 1 N–H and O–H groups in total. The van der Waals surface area contributed by atoms with Crippen molar-refractivity contribution in [2.45, 2.75) is 31.8 Å². The van der Waals surface area contributed by atoms with Crippen molar-refractivity contribution in [3.8, 4) is 0 Å². The summed E-state index contributed by atoms with van der Waals surface area (Å²) in [5, 5.41) is 13.5. The molecule has 1 fully saturated rings. The zero-order chi connectivity index (χ0) is 16.9. The predicted molar refractivity (Wildman–Crippen MR) is 95.2 cm³/mol. The van der Waals surface area contributed by atoms with E-state index in [9.17, 15) is 4.79 Å². The van der Waals surface area contributed by atoms with E-state index >= 15 is 0 Å². The van der Waals surface area contributed by atoms with Crippen LogP contribution in [0.5, 0.6) is 0 Å². The van der Waals surface area contributed by atoms with Crippen molar-refractivity contribution < 1.29 is 4.79 Å². The van der Waals surface area contributed by atoms with Gasteiger partial charge in [-0.05, 0) is 38.9 Å². The van der Waals surface area contributed by atoms with E-state index in [1.165, 1.54) is 11.3 Å². The van der Waals surface area contributed by atoms with E-state index < -0.39 is 0 Å². The number of nitrogens with one attached hydrogen (secondary N) is 1. The Morgan fingerprint density at radius 1 is 1.54 bits per heavy atom. The van der Waals surface area contributed by atoms with Gasteiger partial charge in [0.05, 0.1) is 6.04 Å². The van der Waals surface area contributed by atoms with Gasteiger partial charge in [-0.2, -0.15) is 5.10 Å². The first-order valence-corrected chi connectivity index (χ1v) is 8.98. The zero-order valence-electron chi connectivity index (χ0n) is 13.9. The van der Waals surface area contributed by atoms with Crippen LogP contribution in [-0.4, -0.2) is 58.2 Å². The Balaban J connectivity index is 1.59. The lowest BCUT2D eigenvalue weighted by molar-refractivity contribution is -0.120. The molecule has 2 aromatic rings. The van der Waals surface area contributed by atoms with E-state index in [0.29, 0.717) is 11.2 Å². The number of nitrogens with zero attached hydrogens (tertiary/aromatic N) is 5. The van der Waals surface area contributed by atoms with Crippen LogP contribution < -0.4 is 10.2 Å². The molecule has 8 heteroatoms. The molecule has 24 heavy (non-hydrogen) atoms. The van der Waals surface area contributed by atoms with Gasteiger partial charge in [-0.3, -0.25) is 9.69 Å². The molecule has 128 valence electrons. The van der Waals surface area contributed by atoms with Gasteiger partial charge in [-0.25, -0.2) is 4.98 Å². The van der Waals surface area contributed by atoms with Crippen LogP contribution in [0.3, 0.4) is 0 Å². The third kappa shape index (κ3) is 3.88. The highest BCUT2D eigenvalue weighted by molar-refractivity contribution is 7.13. The number of anilines is 2. The van der Waals surface area contributed by atoms with Gasteiger partial charge in [-0.1, -0.05) is 0 Å². The first kappa shape index (κ1) is 16.8. The standard InChI is InChI=1S/C16H22N6OS/c1-12(15(23)19-16-17-8-10-24-16)21(2)11-13-5-4-9-22(13)14-6-3-7-18-20-14/h3,6-8,10,12-13H,4-5,9,11H2,1-2H3,(H,17,19,23)/t12-,13-/m1/s1. The van der Waals surface area contributed by atoms with Gasteiger partial charge < -0.3 is 10.2 Å². The summed E-state index contributed by atoms with van der Waals surface area (Å²) in [4.78, 5) is 20.8. The number of thiazole rings is 1. The largest absolute Gasteiger partial charge is 0.351 e. The minimum atomic E-state index is -0.224. The van der Waals surface area contributed by atoms with Crippen LogP contribution in [-0.2, 0) is 4.79 Å². The van der Waals surface area contributed by atoms with Gasteiger partial charge in [0, 0.05) is 36.9 Å². The van der Waals surface area contributed by atoms with E-state index in [0.717, 1.165) is 31.7 Å². The summed E-state index contributed by atoms with van der Waals surface area (Å²) >= 11 is 1.43. The lowest BCUT2D eigenvalue weighted by Crippen LogP contribution is -2.46. The molecule has 1 aliphatic heterocycles. The van der Waals surface area contributed by atoms with E-state index in [4.69, 9.17) is 0 Å². The number of hydrogen-bond acceptors (Lipinski definition) is 7. The van der Waals surface area contributed by atoms with Crippen molar-refractivity contribution in [2.75, 3.05) is 30.4 Å². The van der Waals surface area contributed by atoms with Crippen LogP contribution in [0.2, 0.25) is 0 Å². The highest BCUT2D eigenvalue weighted by atomic mass is 32.1. The zero-order valence-corrected chi connectivity index (χ0v) is 14.7. The Kier molecular flexibility index (Phi) is 5.37. The van der Waals surface area contributed by atoms with Crippen molar-refractivity contribution in [2.24, 2.45) is 0 Å². The molecule has 1 saturated heterocycles.